The Morgan fingerprint density at radius 3 is 2.61 bits per heavy atom. The van der Waals surface area contributed by atoms with Gasteiger partial charge in [-0.2, -0.15) is 4.98 Å². The number of fused-ring (bicyclic) bond motifs is 1. The van der Waals surface area contributed by atoms with Crippen molar-refractivity contribution in [2.45, 2.75) is 52.4 Å². The number of nitrogens with one attached hydrogen (secondary N) is 2. The number of allylic oxidation sites excluding steroid dienone is 1. The Hall–Kier alpha value is -4.24. The number of carbonyl (C=O) groups is 1. The van der Waals surface area contributed by atoms with Gasteiger partial charge in [0, 0.05) is 11.4 Å². The third-order valence-corrected chi connectivity index (χ3v) is 7.90. The lowest BCUT2D eigenvalue weighted by molar-refractivity contribution is -0.113. The number of thioether (sulfide) groups is 1. The van der Waals surface area contributed by atoms with E-state index in [-0.39, 0.29) is 5.91 Å². The number of rotatable bonds is 9. The SMILES string of the molecule is CCSc1nc2n(n1)C(c1ccc(OCc3cccc(C)c3)c(OC)c1)C(C(=O)Nc1cccc(C)c1C)=C(C)N2. The van der Waals surface area contributed by atoms with E-state index in [1.165, 1.54) is 5.56 Å². The molecule has 41 heavy (non-hydrogen) atoms. The third kappa shape index (κ3) is 5.95. The molecule has 8 nitrogen and oxygen atoms in total. The van der Waals surface area contributed by atoms with Crippen molar-refractivity contribution in [2.75, 3.05) is 23.5 Å². The fourth-order valence-electron chi connectivity index (χ4n) is 4.94. The average Bonchev–Trinajstić information content (AvgIpc) is 3.35. The van der Waals surface area contributed by atoms with E-state index in [1.807, 2.05) is 69.3 Å². The van der Waals surface area contributed by atoms with Gasteiger partial charge in [0.1, 0.15) is 12.6 Å². The molecule has 1 unspecified atom stereocenters. The van der Waals surface area contributed by atoms with Crippen molar-refractivity contribution in [3.63, 3.8) is 0 Å². The molecule has 4 aromatic rings. The van der Waals surface area contributed by atoms with Gasteiger partial charge in [-0.25, -0.2) is 4.68 Å². The first kappa shape index (κ1) is 28.3. The summed E-state index contributed by atoms with van der Waals surface area (Å²) in [6, 6.07) is 19.3. The summed E-state index contributed by atoms with van der Waals surface area (Å²) in [5, 5.41) is 11.9. The van der Waals surface area contributed by atoms with Crippen LogP contribution >= 0.6 is 11.8 Å². The number of hydrogen-bond donors (Lipinski definition) is 2. The van der Waals surface area contributed by atoms with E-state index < -0.39 is 6.04 Å². The number of amides is 1. The zero-order valence-electron chi connectivity index (χ0n) is 24.2. The van der Waals surface area contributed by atoms with Gasteiger partial charge in [-0.05, 0) is 73.9 Å². The highest BCUT2D eigenvalue weighted by atomic mass is 32.2. The first-order valence-electron chi connectivity index (χ1n) is 13.6. The summed E-state index contributed by atoms with van der Waals surface area (Å²) in [6.07, 6.45) is 0. The molecule has 0 radical (unpaired) electrons. The molecule has 1 atom stereocenters. The predicted molar refractivity (Wildman–Crippen MR) is 164 cm³/mol. The summed E-state index contributed by atoms with van der Waals surface area (Å²) >= 11 is 1.55. The Bertz CT molecular complexity index is 1630. The van der Waals surface area contributed by atoms with Crippen LogP contribution in [-0.4, -0.2) is 33.5 Å². The summed E-state index contributed by atoms with van der Waals surface area (Å²) in [7, 11) is 1.62. The molecular formula is C32H35N5O3S. The zero-order valence-corrected chi connectivity index (χ0v) is 25.1. The summed E-state index contributed by atoms with van der Waals surface area (Å²) in [5.41, 5.74) is 7.26. The van der Waals surface area contributed by atoms with E-state index in [4.69, 9.17) is 14.6 Å². The van der Waals surface area contributed by atoms with Crippen LogP contribution in [0.3, 0.4) is 0 Å². The highest BCUT2D eigenvalue weighted by Crippen LogP contribution is 2.40. The number of aromatic nitrogens is 3. The van der Waals surface area contributed by atoms with Crippen molar-refractivity contribution in [3.8, 4) is 11.5 Å². The van der Waals surface area contributed by atoms with Crippen LogP contribution in [-0.2, 0) is 11.4 Å². The molecule has 1 amide bonds. The molecule has 9 heteroatoms. The standard InChI is InChI=1S/C32H35N5O3S/c1-7-41-32-35-31-33-22(5)28(30(38)34-25-13-9-11-20(3)21(25)4)29(37(31)36-32)24-14-15-26(27(17-24)39-6)40-18-23-12-8-10-19(2)16-23/h8-17,29H,7,18H2,1-6H3,(H,34,38)(H,33,35,36). The molecule has 3 aromatic carbocycles. The fourth-order valence-corrected chi connectivity index (χ4v) is 5.49. The van der Waals surface area contributed by atoms with Gasteiger partial charge in [0.05, 0.1) is 12.7 Å². The fraction of sp³-hybridized carbons (Fsp3) is 0.281. The minimum absolute atomic E-state index is 0.210. The number of benzene rings is 3. The molecule has 1 aromatic heterocycles. The lowest BCUT2D eigenvalue weighted by Crippen LogP contribution is -2.31. The summed E-state index contributed by atoms with van der Waals surface area (Å²) in [6.45, 7) is 10.5. The van der Waals surface area contributed by atoms with Gasteiger partial charge in [0.15, 0.2) is 11.5 Å². The van der Waals surface area contributed by atoms with E-state index in [1.54, 1.807) is 23.6 Å². The smallest absolute Gasteiger partial charge is 0.255 e. The molecule has 5 rings (SSSR count). The predicted octanol–water partition coefficient (Wildman–Crippen LogP) is 6.83. The van der Waals surface area contributed by atoms with Crippen molar-refractivity contribution in [1.82, 2.24) is 14.8 Å². The largest absolute Gasteiger partial charge is 0.493 e. The van der Waals surface area contributed by atoms with Crippen LogP contribution in [0.4, 0.5) is 11.6 Å². The van der Waals surface area contributed by atoms with Gasteiger partial charge in [0.25, 0.3) is 5.91 Å². The highest BCUT2D eigenvalue weighted by Gasteiger charge is 2.35. The minimum atomic E-state index is -0.533. The van der Waals surface area contributed by atoms with Crippen LogP contribution in [0.2, 0.25) is 0 Å². The number of ether oxygens (including phenoxy) is 2. The Kier molecular flexibility index (Phi) is 8.35. The maximum absolute atomic E-state index is 13.9. The first-order valence-corrected chi connectivity index (χ1v) is 14.6. The summed E-state index contributed by atoms with van der Waals surface area (Å²) in [4.78, 5) is 18.6. The van der Waals surface area contributed by atoms with Gasteiger partial charge in [0.2, 0.25) is 11.1 Å². The molecular weight excluding hydrogens is 534 g/mol. The monoisotopic (exact) mass is 569 g/mol. The van der Waals surface area contributed by atoms with Crippen molar-refractivity contribution >= 4 is 29.3 Å². The molecule has 1 aliphatic rings. The lowest BCUT2D eigenvalue weighted by Gasteiger charge is -2.29. The molecule has 0 bridgehead atoms. The highest BCUT2D eigenvalue weighted by molar-refractivity contribution is 7.99. The minimum Gasteiger partial charge on any atom is -0.493 e. The second-order valence-corrected chi connectivity index (χ2v) is 11.3. The number of aryl methyl sites for hydroxylation is 2. The third-order valence-electron chi connectivity index (χ3n) is 7.18. The van der Waals surface area contributed by atoms with Crippen LogP contribution in [0.1, 0.15) is 47.7 Å². The average molecular weight is 570 g/mol. The van der Waals surface area contributed by atoms with Crippen LogP contribution in [0.25, 0.3) is 0 Å². The van der Waals surface area contributed by atoms with Crippen LogP contribution < -0.4 is 20.1 Å². The quantitative estimate of drug-likeness (QED) is 0.214. The van der Waals surface area contributed by atoms with Gasteiger partial charge in [-0.15, -0.1) is 5.10 Å². The molecule has 212 valence electrons. The van der Waals surface area contributed by atoms with Crippen LogP contribution in [0, 0.1) is 20.8 Å². The van der Waals surface area contributed by atoms with Crippen molar-refractivity contribution in [3.05, 3.63) is 99.8 Å². The Morgan fingerprint density at radius 2 is 1.85 bits per heavy atom. The number of hydrogen-bond acceptors (Lipinski definition) is 7. The van der Waals surface area contributed by atoms with Crippen LogP contribution in [0.15, 0.2) is 77.1 Å². The van der Waals surface area contributed by atoms with E-state index in [0.29, 0.717) is 40.5 Å². The summed E-state index contributed by atoms with van der Waals surface area (Å²) < 4.78 is 13.7. The Morgan fingerprint density at radius 1 is 1.05 bits per heavy atom. The van der Waals surface area contributed by atoms with Gasteiger partial charge in [-0.3, -0.25) is 4.79 Å². The Balaban J connectivity index is 1.53. The molecule has 0 aliphatic carbocycles. The van der Waals surface area contributed by atoms with Crippen molar-refractivity contribution < 1.29 is 14.3 Å². The molecule has 2 N–H and O–H groups in total. The van der Waals surface area contributed by atoms with Gasteiger partial charge in [-0.1, -0.05) is 66.7 Å². The molecule has 0 spiro atoms. The first-order chi connectivity index (χ1) is 19.8. The second-order valence-electron chi connectivity index (χ2n) is 10.1. The number of methoxy groups -OCH3 is 1. The molecule has 0 saturated heterocycles. The number of carbonyl (C=O) groups excluding carboxylic acids is 1. The maximum Gasteiger partial charge on any atom is 0.255 e. The van der Waals surface area contributed by atoms with E-state index in [9.17, 15) is 4.79 Å². The van der Waals surface area contributed by atoms with Crippen molar-refractivity contribution in [2.24, 2.45) is 0 Å². The topological polar surface area (TPSA) is 90.3 Å². The molecule has 0 saturated carbocycles. The van der Waals surface area contributed by atoms with Crippen molar-refractivity contribution in [1.29, 1.82) is 0 Å². The Labute approximate surface area is 245 Å². The normalized spacial score (nSPS) is 14.3. The lowest BCUT2D eigenvalue weighted by atomic mass is 9.94. The number of nitrogens with zero attached hydrogens (tertiary/aromatic N) is 3. The zero-order chi connectivity index (χ0) is 29.1. The van der Waals surface area contributed by atoms with E-state index >= 15 is 0 Å². The molecule has 1 aliphatic heterocycles. The maximum atomic E-state index is 13.9. The molecule has 0 fully saturated rings. The molecule has 2 heterocycles. The van der Waals surface area contributed by atoms with Crippen LogP contribution in [0.5, 0.6) is 11.5 Å². The van der Waals surface area contributed by atoms with E-state index in [2.05, 4.69) is 41.6 Å². The summed E-state index contributed by atoms with van der Waals surface area (Å²) in [5.74, 6) is 2.41. The van der Waals surface area contributed by atoms with Gasteiger partial charge >= 0.3 is 0 Å². The van der Waals surface area contributed by atoms with Gasteiger partial charge < -0.3 is 20.1 Å². The van der Waals surface area contributed by atoms with E-state index in [0.717, 1.165) is 33.7 Å². The second kappa shape index (κ2) is 12.1. The number of anilines is 2.